The Hall–Kier alpha value is 0.310. The molecule has 0 spiro atoms. The predicted octanol–water partition coefficient (Wildman–Crippen LogP) is 2.11. The third-order valence-corrected chi connectivity index (χ3v) is 4.23. The quantitative estimate of drug-likeness (QED) is 0.704. The van der Waals surface area contributed by atoms with E-state index in [1.807, 2.05) is 11.8 Å². The molecule has 0 saturated heterocycles. The summed E-state index contributed by atoms with van der Waals surface area (Å²) in [4.78, 5) is 0. The van der Waals surface area contributed by atoms with Crippen molar-refractivity contribution in [2.45, 2.75) is 27.2 Å². The summed E-state index contributed by atoms with van der Waals surface area (Å²) < 4.78 is 0. The molecule has 66 valence electrons. The van der Waals surface area contributed by atoms with Crippen molar-refractivity contribution in [2.75, 3.05) is 18.1 Å². The van der Waals surface area contributed by atoms with Crippen molar-refractivity contribution in [1.82, 2.24) is 0 Å². The molecule has 0 aromatic carbocycles. The first kappa shape index (κ1) is 9.40. The average Bonchev–Trinajstić information content (AvgIpc) is 2.50. The molecule has 1 atom stereocenters. The van der Waals surface area contributed by atoms with Gasteiger partial charge in [-0.15, -0.1) is 0 Å². The smallest absolute Gasteiger partial charge is 0.000651 e. The van der Waals surface area contributed by atoms with Crippen molar-refractivity contribution in [1.29, 1.82) is 0 Å². The molecule has 2 heteroatoms. The Kier molecular flexibility index (Phi) is 2.55. The van der Waals surface area contributed by atoms with E-state index in [1.54, 1.807) is 0 Å². The van der Waals surface area contributed by atoms with Crippen molar-refractivity contribution < 1.29 is 0 Å². The summed E-state index contributed by atoms with van der Waals surface area (Å²) in [7, 11) is 0. The van der Waals surface area contributed by atoms with Crippen molar-refractivity contribution in [3.05, 3.63) is 0 Å². The predicted molar refractivity (Wildman–Crippen MR) is 52.9 cm³/mol. The lowest BCUT2D eigenvalue weighted by Crippen LogP contribution is -2.23. The number of thioether (sulfide) groups is 1. The third kappa shape index (κ3) is 1.57. The lowest BCUT2D eigenvalue weighted by Gasteiger charge is -2.16. The normalized spacial score (nSPS) is 33.8. The SMILES string of the molecule is CCSCC1(CN)CC1(C)C. The van der Waals surface area contributed by atoms with Gasteiger partial charge in [0, 0.05) is 5.75 Å². The molecule has 0 aliphatic heterocycles. The highest BCUT2D eigenvalue weighted by atomic mass is 32.2. The second kappa shape index (κ2) is 2.98. The van der Waals surface area contributed by atoms with Gasteiger partial charge in [-0.05, 0) is 29.5 Å². The lowest BCUT2D eigenvalue weighted by atomic mass is 9.98. The molecule has 1 rings (SSSR count). The Morgan fingerprint density at radius 1 is 1.45 bits per heavy atom. The maximum Gasteiger partial charge on any atom is 0.000651 e. The summed E-state index contributed by atoms with van der Waals surface area (Å²) in [6.45, 7) is 7.74. The van der Waals surface area contributed by atoms with Crippen LogP contribution in [0.5, 0.6) is 0 Å². The standard InChI is InChI=1S/C9H19NS/c1-4-11-7-9(6-10)5-8(9,2)3/h4-7,10H2,1-3H3. The Bertz CT molecular complexity index is 144. The minimum absolute atomic E-state index is 0.480. The molecule has 1 aliphatic rings. The Morgan fingerprint density at radius 2 is 2.00 bits per heavy atom. The number of rotatable bonds is 4. The van der Waals surface area contributed by atoms with E-state index in [2.05, 4.69) is 20.8 Å². The molecule has 2 N–H and O–H groups in total. The first-order valence-electron chi connectivity index (χ1n) is 4.36. The van der Waals surface area contributed by atoms with Gasteiger partial charge in [-0.1, -0.05) is 20.8 Å². The molecule has 0 radical (unpaired) electrons. The van der Waals surface area contributed by atoms with Crippen LogP contribution in [0.2, 0.25) is 0 Å². The van der Waals surface area contributed by atoms with E-state index in [-0.39, 0.29) is 0 Å². The highest BCUT2D eigenvalue weighted by Gasteiger charge is 2.59. The van der Waals surface area contributed by atoms with Gasteiger partial charge in [0.15, 0.2) is 0 Å². The molecule has 1 saturated carbocycles. The molecule has 1 fully saturated rings. The number of hydrogen-bond acceptors (Lipinski definition) is 2. The van der Waals surface area contributed by atoms with Crippen LogP contribution in [-0.2, 0) is 0 Å². The van der Waals surface area contributed by atoms with Gasteiger partial charge < -0.3 is 5.73 Å². The van der Waals surface area contributed by atoms with Crippen molar-refractivity contribution in [3.8, 4) is 0 Å². The molecule has 0 heterocycles. The first-order valence-corrected chi connectivity index (χ1v) is 5.51. The zero-order chi connectivity index (χ0) is 8.54. The molecular weight excluding hydrogens is 154 g/mol. The van der Waals surface area contributed by atoms with Crippen LogP contribution in [0.15, 0.2) is 0 Å². The second-order valence-corrected chi connectivity index (χ2v) is 5.46. The average molecular weight is 173 g/mol. The fourth-order valence-corrected chi connectivity index (χ4v) is 2.96. The molecule has 1 unspecified atom stereocenters. The van der Waals surface area contributed by atoms with E-state index in [0.717, 1.165) is 6.54 Å². The van der Waals surface area contributed by atoms with Crippen LogP contribution in [0, 0.1) is 10.8 Å². The highest BCUT2D eigenvalue weighted by Crippen LogP contribution is 2.63. The van der Waals surface area contributed by atoms with Crippen LogP contribution in [0.4, 0.5) is 0 Å². The highest BCUT2D eigenvalue weighted by molar-refractivity contribution is 7.99. The van der Waals surface area contributed by atoms with Gasteiger partial charge in [0.05, 0.1) is 0 Å². The lowest BCUT2D eigenvalue weighted by molar-refractivity contribution is 0.436. The topological polar surface area (TPSA) is 26.0 Å². The summed E-state index contributed by atoms with van der Waals surface area (Å²) in [5, 5.41) is 0. The Balaban J connectivity index is 2.40. The third-order valence-electron chi connectivity index (χ3n) is 3.06. The van der Waals surface area contributed by atoms with Crippen LogP contribution in [-0.4, -0.2) is 18.1 Å². The van der Waals surface area contributed by atoms with E-state index in [0.29, 0.717) is 10.8 Å². The largest absolute Gasteiger partial charge is 0.330 e. The first-order chi connectivity index (χ1) is 5.08. The fraction of sp³-hybridized carbons (Fsp3) is 1.00. The molecule has 0 bridgehead atoms. The van der Waals surface area contributed by atoms with Gasteiger partial charge in [-0.2, -0.15) is 11.8 Å². The van der Waals surface area contributed by atoms with Gasteiger partial charge >= 0.3 is 0 Å². The molecule has 0 aromatic rings. The van der Waals surface area contributed by atoms with Crippen molar-refractivity contribution in [3.63, 3.8) is 0 Å². The number of hydrogen-bond donors (Lipinski definition) is 1. The maximum atomic E-state index is 5.77. The molecule has 0 amide bonds. The van der Waals surface area contributed by atoms with Crippen LogP contribution in [0.1, 0.15) is 27.2 Å². The van der Waals surface area contributed by atoms with E-state index < -0.39 is 0 Å². The van der Waals surface area contributed by atoms with Crippen LogP contribution in [0.25, 0.3) is 0 Å². The zero-order valence-corrected chi connectivity index (χ0v) is 8.63. The molecular formula is C9H19NS. The van der Waals surface area contributed by atoms with Gasteiger partial charge in [-0.3, -0.25) is 0 Å². The summed E-state index contributed by atoms with van der Waals surface area (Å²) in [6.07, 6.45) is 1.32. The Morgan fingerprint density at radius 3 is 2.27 bits per heavy atom. The maximum absolute atomic E-state index is 5.77. The minimum atomic E-state index is 0.480. The van der Waals surface area contributed by atoms with E-state index in [4.69, 9.17) is 5.73 Å². The zero-order valence-electron chi connectivity index (χ0n) is 7.81. The minimum Gasteiger partial charge on any atom is -0.330 e. The van der Waals surface area contributed by atoms with Gasteiger partial charge in [0.1, 0.15) is 0 Å². The van der Waals surface area contributed by atoms with E-state index in [9.17, 15) is 0 Å². The van der Waals surface area contributed by atoms with E-state index in [1.165, 1.54) is 17.9 Å². The fourth-order valence-electron chi connectivity index (χ4n) is 1.75. The molecule has 1 nitrogen and oxygen atoms in total. The Labute approximate surface area is 74.1 Å². The van der Waals surface area contributed by atoms with Gasteiger partial charge in [0.25, 0.3) is 0 Å². The van der Waals surface area contributed by atoms with Crippen molar-refractivity contribution in [2.24, 2.45) is 16.6 Å². The van der Waals surface area contributed by atoms with Crippen LogP contribution in [0.3, 0.4) is 0 Å². The van der Waals surface area contributed by atoms with Crippen LogP contribution < -0.4 is 5.73 Å². The molecule has 11 heavy (non-hydrogen) atoms. The van der Waals surface area contributed by atoms with Gasteiger partial charge in [0.2, 0.25) is 0 Å². The number of nitrogens with two attached hydrogens (primary N) is 1. The van der Waals surface area contributed by atoms with Crippen molar-refractivity contribution >= 4 is 11.8 Å². The monoisotopic (exact) mass is 173 g/mol. The van der Waals surface area contributed by atoms with Crippen LogP contribution >= 0.6 is 11.8 Å². The second-order valence-electron chi connectivity index (χ2n) is 4.18. The summed E-state index contributed by atoms with van der Waals surface area (Å²) >= 11 is 2.02. The summed E-state index contributed by atoms with van der Waals surface area (Å²) in [6, 6.07) is 0. The molecule has 1 aliphatic carbocycles. The summed E-state index contributed by atoms with van der Waals surface area (Å²) in [5.74, 6) is 2.48. The summed E-state index contributed by atoms with van der Waals surface area (Å²) in [5.41, 5.74) is 6.77. The van der Waals surface area contributed by atoms with Gasteiger partial charge in [-0.25, -0.2) is 0 Å². The molecule has 0 aromatic heterocycles. The van der Waals surface area contributed by atoms with E-state index >= 15 is 0 Å².